The number of benzene rings is 1. The van der Waals surface area contributed by atoms with Crippen LogP contribution in [-0.2, 0) is 35.6 Å². The molecule has 1 aromatic heterocycles. The van der Waals surface area contributed by atoms with Crippen LogP contribution in [0.15, 0.2) is 21.5 Å². The maximum atomic E-state index is 12.9. The third-order valence-corrected chi connectivity index (χ3v) is 6.95. The Labute approximate surface area is 157 Å². The lowest BCUT2D eigenvalue weighted by Crippen LogP contribution is -2.21. The molecule has 27 heavy (non-hydrogen) atoms. The van der Waals surface area contributed by atoms with Crippen LogP contribution in [0.2, 0.25) is 0 Å². The molecule has 5 rings (SSSR count). The Morgan fingerprint density at radius 1 is 1.33 bits per heavy atom. The maximum Gasteiger partial charge on any atom is 0.354 e. The van der Waals surface area contributed by atoms with E-state index in [4.69, 9.17) is 9.88 Å². The second-order valence-electron chi connectivity index (χ2n) is 7.39. The highest BCUT2D eigenvalue weighted by molar-refractivity contribution is 7.91. The lowest BCUT2D eigenvalue weighted by atomic mass is 9.83. The highest BCUT2D eigenvalue weighted by atomic mass is 32.2. The van der Waals surface area contributed by atoms with E-state index in [1.165, 1.54) is 28.5 Å². The zero-order valence-electron chi connectivity index (χ0n) is 15.0. The van der Waals surface area contributed by atoms with Gasteiger partial charge in [-0.1, -0.05) is 6.07 Å². The molecule has 142 valence electrons. The molecule has 0 saturated heterocycles. The monoisotopic (exact) mass is 387 g/mol. The summed E-state index contributed by atoms with van der Waals surface area (Å²) in [5.74, 6) is 0.330. The van der Waals surface area contributed by atoms with Crippen LogP contribution in [0.3, 0.4) is 0 Å². The number of hydrogen-bond donors (Lipinski definition) is 2. The average Bonchev–Trinajstić information content (AvgIpc) is 3.27. The fourth-order valence-corrected chi connectivity index (χ4v) is 5.14. The summed E-state index contributed by atoms with van der Waals surface area (Å²) in [5.41, 5.74) is 5.79. The number of fused-ring (bicyclic) bond motifs is 3. The van der Waals surface area contributed by atoms with Gasteiger partial charge in [0.05, 0.1) is 12.2 Å². The van der Waals surface area contributed by atoms with Crippen molar-refractivity contribution in [3.63, 3.8) is 0 Å². The molecule has 3 aliphatic rings. The van der Waals surface area contributed by atoms with Gasteiger partial charge in [-0.05, 0) is 61.3 Å². The van der Waals surface area contributed by atoms with E-state index in [9.17, 15) is 9.00 Å². The van der Waals surface area contributed by atoms with Crippen molar-refractivity contribution >= 4 is 21.6 Å². The first-order valence-corrected chi connectivity index (χ1v) is 10.7. The highest BCUT2D eigenvalue weighted by Crippen LogP contribution is 2.40. The van der Waals surface area contributed by atoms with Crippen molar-refractivity contribution in [2.24, 2.45) is 9.50 Å². The zero-order valence-corrected chi connectivity index (χ0v) is 15.8. The number of carbonyl (C=O) groups is 1. The first-order chi connectivity index (χ1) is 12.9. The number of aromatic nitrogens is 2. The molecule has 0 bridgehead atoms. The molecule has 2 aliphatic carbocycles. The van der Waals surface area contributed by atoms with E-state index in [-0.39, 0.29) is 10.9 Å². The molecular formula is C18H21N5O3S. The first kappa shape index (κ1) is 16.8. The Balaban J connectivity index is 1.48. The van der Waals surface area contributed by atoms with Crippen LogP contribution in [0.5, 0.6) is 5.88 Å². The van der Waals surface area contributed by atoms with Gasteiger partial charge in [-0.3, -0.25) is 0 Å². The van der Waals surface area contributed by atoms with Crippen molar-refractivity contribution in [3.8, 4) is 5.88 Å². The third kappa shape index (κ3) is 2.56. The predicted octanol–water partition coefficient (Wildman–Crippen LogP) is 2.36. The van der Waals surface area contributed by atoms with Crippen LogP contribution < -0.4 is 15.2 Å². The molecule has 9 heteroatoms. The predicted molar refractivity (Wildman–Crippen MR) is 100 cm³/mol. The molecule has 1 unspecified atom stereocenters. The number of hydrogen-bond acceptors (Lipinski definition) is 4. The smallest absolute Gasteiger partial charge is 0.354 e. The topological polar surface area (TPSA) is 112 Å². The second kappa shape index (κ2) is 5.80. The van der Waals surface area contributed by atoms with Crippen LogP contribution in [0.1, 0.15) is 41.6 Å². The molecule has 1 aromatic carbocycles. The zero-order chi connectivity index (χ0) is 18.8. The Bertz CT molecular complexity index is 1100. The van der Waals surface area contributed by atoms with Crippen molar-refractivity contribution in [2.45, 2.75) is 50.0 Å². The average molecular weight is 387 g/mol. The number of urea groups is 1. The molecule has 0 spiro atoms. The highest BCUT2D eigenvalue weighted by Gasteiger charge is 2.30. The molecule has 1 aliphatic heterocycles. The van der Waals surface area contributed by atoms with Gasteiger partial charge < -0.3 is 10.1 Å². The Hall–Kier alpha value is -2.39. The number of carbonyl (C=O) groups excluding carboxylic acids is 1. The fourth-order valence-electron chi connectivity index (χ4n) is 4.15. The third-order valence-electron chi connectivity index (χ3n) is 5.61. The number of nitrogens with one attached hydrogen (secondary N) is 1. The van der Waals surface area contributed by atoms with E-state index in [1.54, 1.807) is 4.68 Å². The number of amides is 2. The van der Waals surface area contributed by atoms with Gasteiger partial charge >= 0.3 is 6.03 Å². The molecule has 2 aromatic rings. The lowest BCUT2D eigenvalue weighted by Gasteiger charge is -2.25. The van der Waals surface area contributed by atoms with Gasteiger partial charge in [0, 0.05) is 5.69 Å². The number of aryl methyl sites for hydroxylation is 2. The standard InChI is InChI=1S/C18H21N5O3S/c1-10-9-26-17-15(8-20-23(10)17)27(19,25)22-18(24)21-16-13-4-2-3-11(13)7-12-5-6-14(12)16/h7-8,10H,2-6,9H2,1H3,(H3,19,21,22,24,25)/t10-,27?/m1/s1. The summed E-state index contributed by atoms with van der Waals surface area (Å²) in [7, 11) is -3.45. The van der Waals surface area contributed by atoms with Crippen molar-refractivity contribution in [2.75, 3.05) is 11.9 Å². The number of rotatable bonds is 2. The quantitative estimate of drug-likeness (QED) is 0.824. The summed E-state index contributed by atoms with van der Waals surface area (Å²) < 4.78 is 23.9. The molecule has 2 heterocycles. The summed E-state index contributed by atoms with van der Waals surface area (Å²) in [6, 6.07) is 1.60. The maximum absolute atomic E-state index is 12.9. The van der Waals surface area contributed by atoms with Crippen LogP contribution in [-0.4, -0.2) is 26.6 Å². The fraction of sp³-hybridized carbons (Fsp3) is 0.444. The van der Waals surface area contributed by atoms with E-state index in [0.717, 1.165) is 37.8 Å². The van der Waals surface area contributed by atoms with Gasteiger partial charge in [0.15, 0.2) is 9.92 Å². The molecular weight excluding hydrogens is 366 g/mol. The molecule has 0 fully saturated rings. The van der Waals surface area contributed by atoms with Gasteiger partial charge in [-0.25, -0.2) is 18.8 Å². The molecule has 3 N–H and O–H groups in total. The van der Waals surface area contributed by atoms with Crippen LogP contribution >= 0.6 is 0 Å². The summed E-state index contributed by atoms with van der Waals surface area (Å²) >= 11 is 0. The van der Waals surface area contributed by atoms with Gasteiger partial charge in [-0.2, -0.15) is 5.10 Å². The number of ether oxygens (including phenoxy) is 1. The van der Waals surface area contributed by atoms with Crippen LogP contribution in [0.4, 0.5) is 10.5 Å². The van der Waals surface area contributed by atoms with Gasteiger partial charge in [0.1, 0.15) is 11.5 Å². The molecule has 2 atom stereocenters. The number of nitrogens with zero attached hydrogens (tertiary/aromatic N) is 3. The SMILES string of the molecule is C[C@@H]1COc2c(S(N)(=O)=NC(=O)Nc3c4c(cc5c3CC5)CCC4)cnn21. The molecule has 2 amide bonds. The van der Waals surface area contributed by atoms with Crippen LogP contribution in [0.25, 0.3) is 0 Å². The minimum Gasteiger partial charge on any atom is -0.475 e. The van der Waals surface area contributed by atoms with Crippen molar-refractivity contribution in [1.82, 2.24) is 9.78 Å². The van der Waals surface area contributed by atoms with Gasteiger partial charge in [0.2, 0.25) is 5.88 Å². The summed E-state index contributed by atoms with van der Waals surface area (Å²) in [5, 5.41) is 12.9. The molecule has 0 saturated carbocycles. The molecule has 0 radical (unpaired) electrons. The lowest BCUT2D eigenvalue weighted by molar-refractivity contribution is 0.260. The van der Waals surface area contributed by atoms with Crippen molar-refractivity contribution in [1.29, 1.82) is 0 Å². The Morgan fingerprint density at radius 3 is 2.89 bits per heavy atom. The van der Waals surface area contributed by atoms with Crippen molar-refractivity contribution < 1.29 is 13.7 Å². The summed E-state index contributed by atoms with van der Waals surface area (Å²) in [6.45, 7) is 2.36. The largest absolute Gasteiger partial charge is 0.475 e. The van der Waals surface area contributed by atoms with E-state index >= 15 is 0 Å². The Kier molecular flexibility index (Phi) is 3.60. The number of nitrogens with two attached hydrogens (primary N) is 1. The second-order valence-corrected chi connectivity index (χ2v) is 9.15. The number of anilines is 1. The van der Waals surface area contributed by atoms with E-state index in [2.05, 4.69) is 20.8 Å². The summed E-state index contributed by atoms with van der Waals surface area (Å²) in [6.07, 6.45) is 6.42. The van der Waals surface area contributed by atoms with Crippen LogP contribution in [0, 0.1) is 0 Å². The first-order valence-electron chi connectivity index (χ1n) is 9.17. The summed E-state index contributed by atoms with van der Waals surface area (Å²) in [4.78, 5) is 12.7. The van der Waals surface area contributed by atoms with E-state index in [1.807, 2.05) is 6.92 Å². The van der Waals surface area contributed by atoms with Crippen molar-refractivity contribution in [3.05, 3.63) is 34.5 Å². The Morgan fingerprint density at radius 2 is 2.11 bits per heavy atom. The minimum absolute atomic E-state index is 0.0310. The van der Waals surface area contributed by atoms with E-state index in [0.29, 0.717) is 12.5 Å². The molecule has 8 nitrogen and oxygen atoms in total. The van der Waals surface area contributed by atoms with E-state index < -0.39 is 15.9 Å². The normalized spacial score (nSPS) is 21.3. The minimum atomic E-state index is -3.45. The van der Waals surface area contributed by atoms with Gasteiger partial charge in [-0.15, -0.1) is 4.36 Å². The van der Waals surface area contributed by atoms with Gasteiger partial charge in [0.25, 0.3) is 0 Å².